The van der Waals surface area contributed by atoms with Gasteiger partial charge >= 0.3 is 7.12 Å². The Bertz CT molecular complexity index is 516. The third-order valence-electron chi connectivity index (χ3n) is 2.20. The van der Waals surface area contributed by atoms with Gasteiger partial charge in [0.1, 0.15) is 0 Å². The lowest BCUT2D eigenvalue weighted by Gasteiger charge is -2.06. The number of halogens is 2. The molecule has 0 aliphatic carbocycles. The summed E-state index contributed by atoms with van der Waals surface area (Å²) in [5, 5.41) is 20.8. The van der Waals surface area contributed by atoms with Crippen LogP contribution in [0.4, 0.5) is 0 Å². The van der Waals surface area contributed by atoms with Gasteiger partial charge in [0, 0.05) is 9.50 Å². The van der Waals surface area contributed by atoms with Crippen molar-refractivity contribution >= 4 is 50.9 Å². The van der Waals surface area contributed by atoms with E-state index in [-0.39, 0.29) is 0 Å². The van der Waals surface area contributed by atoms with Gasteiger partial charge in [-0.15, -0.1) is 0 Å². The lowest BCUT2D eigenvalue weighted by Crippen LogP contribution is -2.30. The maximum atomic E-state index is 9.12. The van der Waals surface area contributed by atoms with Crippen molar-refractivity contribution in [2.45, 2.75) is 0 Å². The zero-order valence-electron chi connectivity index (χ0n) is 7.61. The Hall–Kier alpha value is -0.545. The van der Waals surface area contributed by atoms with Gasteiger partial charge in [0.15, 0.2) is 0 Å². The molecule has 2 rings (SSSR count). The van der Waals surface area contributed by atoms with Gasteiger partial charge in [-0.1, -0.05) is 39.7 Å². The Morgan fingerprint density at radius 3 is 2.47 bits per heavy atom. The smallest absolute Gasteiger partial charge is 0.423 e. The molecular formula is C10H7BBrClO2. The molecule has 0 unspecified atom stereocenters. The van der Waals surface area contributed by atoms with E-state index < -0.39 is 7.12 Å². The molecule has 0 amide bonds. The fourth-order valence-corrected chi connectivity index (χ4v) is 2.20. The molecule has 2 aromatic rings. The summed E-state index contributed by atoms with van der Waals surface area (Å²) >= 11 is 9.14. The van der Waals surface area contributed by atoms with Gasteiger partial charge in [-0.2, -0.15) is 0 Å². The first kappa shape index (κ1) is 11.0. The van der Waals surface area contributed by atoms with E-state index in [1.807, 2.05) is 18.2 Å². The molecule has 5 heteroatoms. The average Bonchev–Trinajstić information content (AvgIpc) is 2.15. The maximum absolute atomic E-state index is 9.12. The van der Waals surface area contributed by atoms with Crippen LogP contribution in [0.1, 0.15) is 0 Å². The zero-order valence-corrected chi connectivity index (χ0v) is 9.96. The summed E-state index contributed by atoms with van der Waals surface area (Å²) in [4.78, 5) is 0. The second kappa shape index (κ2) is 4.14. The van der Waals surface area contributed by atoms with Crippen molar-refractivity contribution < 1.29 is 10.0 Å². The predicted molar refractivity (Wildman–Crippen MR) is 66.5 cm³/mol. The number of hydrogen-bond donors (Lipinski definition) is 2. The number of fused-ring (bicyclic) bond motifs is 1. The van der Waals surface area contributed by atoms with Gasteiger partial charge in [0.2, 0.25) is 0 Å². The predicted octanol–water partition coefficient (Wildman–Crippen LogP) is 1.94. The van der Waals surface area contributed by atoms with Crippen LogP contribution in [0.5, 0.6) is 0 Å². The molecule has 0 aliphatic rings. The summed E-state index contributed by atoms with van der Waals surface area (Å²) in [6.07, 6.45) is 0. The monoisotopic (exact) mass is 284 g/mol. The highest BCUT2D eigenvalue weighted by atomic mass is 79.9. The highest BCUT2D eigenvalue weighted by Gasteiger charge is 2.15. The molecule has 0 aromatic heterocycles. The van der Waals surface area contributed by atoms with E-state index in [0.717, 1.165) is 10.8 Å². The molecule has 2 nitrogen and oxygen atoms in total. The van der Waals surface area contributed by atoms with Gasteiger partial charge in [-0.05, 0) is 34.4 Å². The first-order valence-electron chi connectivity index (χ1n) is 4.33. The van der Waals surface area contributed by atoms with Crippen LogP contribution < -0.4 is 5.46 Å². The normalized spacial score (nSPS) is 10.7. The SMILES string of the molecule is OB(O)c1cc2ccc(Cl)cc2cc1Br. The first-order chi connectivity index (χ1) is 7.08. The van der Waals surface area contributed by atoms with Crippen molar-refractivity contribution in [2.24, 2.45) is 0 Å². The van der Waals surface area contributed by atoms with E-state index in [4.69, 9.17) is 21.6 Å². The summed E-state index contributed by atoms with van der Waals surface area (Å²) in [6, 6.07) is 8.98. The van der Waals surface area contributed by atoms with E-state index in [0.29, 0.717) is 15.0 Å². The van der Waals surface area contributed by atoms with E-state index in [1.165, 1.54) is 0 Å². The minimum Gasteiger partial charge on any atom is -0.423 e. The van der Waals surface area contributed by atoms with Gasteiger partial charge in [0.05, 0.1) is 0 Å². The molecular weight excluding hydrogens is 278 g/mol. The van der Waals surface area contributed by atoms with Crippen molar-refractivity contribution in [3.05, 3.63) is 39.8 Å². The lowest BCUT2D eigenvalue weighted by molar-refractivity contribution is 0.425. The Morgan fingerprint density at radius 2 is 1.80 bits per heavy atom. The largest absolute Gasteiger partial charge is 0.489 e. The summed E-state index contributed by atoms with van der Waals surface area (Å²) in [5.74, 6) is 0. The van der Waals surface area contributed by atoms with Crippen LogP contribution in [-0.2, 0) is 0 Å². The molecule has 0 atom stereocenters. The Kier molecular flexibility index (Phi) is 3.02. The van der Waals surface area contributed by atoms with Crippen LogP contribution in [0.15, 0.2) is 34.8 Å². The molecule has 0 radical (unpaired) electrons. The zero-order chi connectivity index (χ0) is 11.0. The topological polar surface area (TPSA) is 40.5 Å². The van der Waals surface area contributed by atoms with Crippen LogP contribution in [0.2, 0.25) is 5.02 Å². The number of rotatable bonds is 1. The molecule has 15 heavy (non-hydrogen) atoms. The van der Waals surface area contributed by atoms with E-state index in [9.17, 15) is 0 Å². The minimum atomic E-state index is -1.47. The van der Waals surface area contributed by atoms with Crippen LogP contribution in [0, 0.1) is 0 Å². The van der Waals surface area contributed by atoms with Crippen LogP contribution >= 0.6 is 27.5 Å². The number of hydrogen-bond acceptors (Lipinski definition) is 2. The lowest BCUT2D eigenvalue weighted by atomic mass is 9.79. The van der Waals surface area contributed by atoms with Gasteiger partial charge in [0.25, 0.3) is 0 Å². The van der Waals surface area contributed by atoms with E-state index in [2.05, 4.69) is 15.9 Å². The Balaban J connectivity index is 2.71. The van der Waals surface area contributed by atoms with Gasteiger partial charge < -0.3 is 10.0 Å². The Morgan fingerprint density at radius 1 is 1.07 bits per heavy atom. The summed E-state index contributed by atoms with van der Waals surface area (Å²) in [6.45, 7) is 0. The van der Waals surface area contributed by atoms with Gasteiger partial charge in [-0.25, -0.2) is 0 Å². The third kappa shape index (κ3) is 2.18. The average molecular weight is 285 g/mol. The minimum absolute atomic E-state index is 0.449. The molecule has 0 heterocycles. The summed E-state index contributed by atoms with van der Waals surface area (Å²) < 4.78 is 0.660. The van der Waals surface area contributed by atoms with Crippen molar-refractivity contribution in [3.8, 4) is 0 Å². The van der Waals surface area contributed by atoms with Crippen LogP contribution in [0.3, 0.4) is 0 Å². The molecule has 2 N–H and O–H groups in total. The molecule has 0 spiro atoms. The standard InChI is InChI=1S/C10H7BBrClO2/c12-10-5-7-3-8(13)2-1-6(7)4-9(10)11(14)15/h1-5,14-15H. The highest BCUT2D eigenvalue weighted by molar-refractivity contribution is 9.10. The molecule has 76 valence electrons. The first-order valence-corrected chi connectivity index (χ1v) is 5.50. The third-order valence-corrected chi connectivity index (χ3v) is 3.12. The van der Waals surface area contributed by atoms with Crippen molar-refractivity contribution in [2.75, 3.05) is 0 Å². The highest BCUT2D eigenvalue weighted by Crippen LogP contribution is 2.22. The quantitative estimate of drug-likeness (QED) is 0.786. The second-order valence-electron chi connectivity index (χ2n) is 3.24. The molecule has 0 aliphatic heterocycles. The van der Waals surface area contributed by atoms with Crippen LogP contribution in [0.25, 0.3) is 10.8 Å². The molecule has 0 bridgehead atoms. The molecule has 0 saturated heterocycles. The summed E-state index contributed by atoms with van der Waals surface area (Å²) in [7, 11) is -1.47. The molecule has 2 aromatic carbocycles. The van der Waals surface area contributed by atoms with Crippen LogP contribution in [-0.4, -0.2) is 17.2 Å². The van der Waals surface area contributed by atoms with Crippen molar-refractivity contribution in [1.29, 1.82) is 0 Å². The fraction of sp³-hybridized carbons (Fsp3) is 0. The fourth-order valence-electron chi connectivity index (χ4n) is 1.46. The van der Waals surface area contributed by atoms with E-state index >= 15 is 0 Å². The van der Waals surface area contributed by atoms with E-state index in [1.54, 1.807) is 12.1 Å². The van der Waals surface area contributed by atoms with Gasteiger partial charge in [-0.3, -0.25) is 0 Å². The molecule has 0 fully saturated rings. The Labute approximate surface area is 101 Å². The molecule has 0 saturated carbocycles. The van der Waals surface area contributed by atoms with Crippen molar-refractivity contribution in [3.63, 3.8) is 0 Å². The number of benzene rings is 2. The summed E-state index contributed by atoms with van der Waals surface area (Å²) in [5.41, 5.74) is 0.449. The van der Waals surface area contributed by atoms with Crippen molar-refractivity contribution in [1.82, 2.24) is 0 Å². The maximum Gasteiger partial charge on any atom is 0.489 e. The second-order valence-corrected chi connectivity index (χ2v) is 4.53.